The van der Waals surface area contributed by atoms with Gasteiger partial charge in [0.15, 0.2) is 0 Å². The molecule has 0 spiro atoms. The van der Waals surface area contributed by atoms with Crippen LogP contribution in [-0.2, 0) is 9.59 Å². The fraction of sp³-hybridized carbons (Fsp3) is 0.833. The summed E-state index contributed by atoms with van der Waals surface area (Å²) in [5.74, 6) is -2.39. The number of hydrogen-bond donors (Lipinski definition) is 2. The van der Waals surface area contributed by atoms with Crippen molar-refractivity contribution in [3.63, 3.8) is 0 Å². The van der Waals surface area contributed by atoms with Crippen molar-refractivity contribution >= 4 is 11.8 Å². The first-order chi connectivity index (χ1) is 9.31. The SMILES string of the molecule is CCN(CC)CCCNC(=O)CCNC(=O)C(F)(F)F. The molecule has 0 aromatic carbocycles. The van der Waals surface area contributed by atoms with Gasteiger partial charge in [-0.2, -0.15) is 13.2 Å². The van der Waals surface area contributed by atoms with Crippen molar-refractivity contribution in [1.29, 1.82) is 0 Å². The number of carbonyl (C=O) groups is 2. The first-order valence-corrected chi connectivity index (χ1v) is 6.65. The lowest BCUT2D eigenvalue weighted by molar-refractivity contribution is -0.173. The average Bonchev–Trinajstić information content (AvgIpc) is 2.37. The highest BCUT2D eigenvalue weighted by Gasteiger charge is 2.38. The van der Waals surface area contributed by atoms with E-state index >= 15 is 0 Å². The molecule has 8 heteroatoms. The Hall–Kier alpha value is -1.31. The predicted octanol–water partition coefficient (Wildman–Crippen LogP) is 0.903. The van der Waals surface area contributed by atoms with Gasteiger partial charge in [-0.25, -0.2) is 0 Å². The Morgan fingerprint density at radius 3 is 2.15 bits per heavy atom. The molecule has 0 heterocycles. The van der Waals surface area contributed by atoms with Gasteiger partial charge in [-0.3, -0.25) is 9.59 Å². The fourth-order valence-electron chi connectivity index (χ4n) is 1.55. The third-order valence-electron chi connectivity index (χ3n) is 2.76. The van der Waals surface area contributed by atoms with Gasteiger partial charge in [-0.15, -0.1) is 0 Å². The lowest BCUT2D eigenvalue weighted by Crippen LogP contribution is -2.39. The van der Waals surface area contributed by atoms with E-state index in [1.165, 1.54) is 0 Å². The van der Waals surface area contributed by atoms with Crippen LogP contribution in [0.15, 0.2) is 0 Å². The molecule has 0 unspecified atom stereocenters. The van der Waals surface area contributed by atoms with Crippen molar-refractivity contribution in [2.45, 2.75) is 32.9 Å². The van der Waals surface area contributed by atoms with Gasteiger partial charge in [0.2, 0.25) is 5.91 Å². The van der Waals surface area contributed by atoms with Crippen LogP contribution in [0.5, 0.6) is 0 Å². The zero-order valence-electron chi connectivity index (χ0n) is 11.8. The summed E-state index contributed by atoms with van der Waals surface area (Å²) in [4.78, 5) is 24.0. The van der Waals surface area contributed by atoms with Gasteiger partial charge in [-0.1, -0.05) is 13.8 Å². The molecule has 20 heavy (non-hydrogen) atoms. The quantitative estimate of drug-likeness (QED) is 0.622. The van der Waals surface area contributed by atoms with E-state index in [9.17, 15) is 22.8 Å². The molecular formula is C12H22F3N3O2. The van der Waals surface area contributed by atoms with Gasteiger partial charge in [0.05, 0.1) is 0 Å². The summed E-state index contributed by atoms with van der Waals surface area (Å²) in [6.07, 6.45) is -4.28. The van der Waals surface area contributed by atoms with Crippen LogP contribution in [0, 0.1) is 0 Å². The van der Waals surface area contributed by atoms with Gasteiger partial charge in [0.1, 0.15) is 0 Å². The summed E-state index contributed by atoms with van der Waals surface area (Å²) >= 11 is 0. The Labute approximate surface area is 116 Å². The zero-order valence-corrected chi connectivity index (χ0v) is 11.8. The van der Waals surface area contributed by atoms with Gasteiger partial charge >= 0.3 is 12.1 Å². The Morgan fingerprint density at radius 1 is 1.05 bits per heavy atom. The molecule has 2 N–H and O–H groups in total. The first kappa shape index (κ1) is 18.7. The van der Waals surface area contributed by atoms with Crippen molar-refractivity contribution in [2.75, 3.05) is 32.7 Å². The monoisotopic (exact) mass is 297 g/mol. The molecule has 0 radical (unpaired) electrons. The molecule has 0 saturated heterocycles. The second-order valence-electron chi connectivity index (χ2n) is 4.23. The third kappa shape index (κ3) is 8.73. The molecule has 0 bridgehead atoms. The van der Waals surface area contributed by atoms with E-state index in [4.69, 9.17) is 0 Å². The molecule has 118 valence electrons. The molecule has 0 fully saturated rings. The van der Waals surface area contributed by atoms with E-state index in [-0.39, 0.29) is 18.9 Å². The Kier molecular flexibility index (Phi) is 8.94. The van der Waals surface area contributed by atoms with Crippen LogP contribution < -0.4 is 10.6 Å². The maximum absolute atomic E-state index is 11.8. The molecule has 0 aromatic rings. The smallest absolute Gasteiger partial charge is 0.356 e. The predicted molar refractivity (Wildman–Crippen MR) is 69.1 cm³/mol. The molecule has 0 atom stereocenters. The molecular weight excluding hydrogens is 275 g/mol. The molecule has 2 amide bonds. The highest BCUT2D eigenvalue weighted by atomic mass is 19.4. The minimum absolute atomic E-state index is 0.160. The number of hydrogen-bond acceptors (Lipinski definition) is 3. The summed E-state index contributed by atoms with van der Waals surface area (Å²) in [7, 11) is 0. The van der Waals surface area contributed by atoms with Crippen molar-refractivity contribution in [3.05, 3.63) is 0 Å². The van der Waals surface area contributed by atoms with Gasteiger partial charge in [0.25, 0.3) is 0 Å². The summed E-state index contributed by atoms with van der Waals surface area (Å²) in [5, 5.41) is 4.25. The lowest BCUT2D eigenvalue weighted by Gasteiger charge is -2.17. The van der Waals surface area contributed by atoms with Crippen LogP contribution in [0.25, 0.3) is 0 Å². The Bertz CT molecular complexity index is 305. The highest BCUT2D eigenvalue weighted by Crippen LogP contribution is 2.13. The van der Waals surface area contributed by atoms with Crippen LogP contribution in [-0.4, -0.2) is 55.6 Å². The molecule has 0 aliphatic carbocycles. The number of amides is 2. The number of carbonyl (C=O) groups excluding carboxylic acids is 2. The van der Waals surface area contributed by atoms with Crippen LogP contribution in [0.2, 0.25) is 0 Å². The maximum Gasteiger partial charge on any atom is 0.471 e. The first-order valence-electron chi connectivity index (χ1n) is 6.65. The summed E-state index contributed by atoms with van der Waals surface area (Å²) in [6.45, 7) is 6.99. The second-order valence-corrected chi connectivity index (χ2v) is 4.23. The van der Waals surface area contributed by atoms with Gasteiger partial charge in [-0.05, 0) is 26.1 Å². The molecule has 0 aliphatic heterocycles. The van der Waals surface area contributed by atoms with E-state index in [0.717, 1.165) is 26.1 Å². The Balaban J connectivity index is 3.63. The van der Waals surface area contributed by atoms with E-state index in [1.807, 2.05) is 13.8 Å². The van der Waals surface area contributed by atoms with E-state index in [1.54, 1.807) is 5.32 Å². The molecule has 0 aliphatic rings. The van der Waals surface area contributed by atoms with Crippen LogP contribution in [0.3, 0.4) is 0 Å². The topological polar surface area (TPSA) is 61.4 Å². The van der Waals surface area contributed by atoms with Crippen molar-refractivity contribution in [2.24, 2.45) is 0 Å². The number of halogens is 3. The van der Waals surface area contributed by atoms with Crippen LogP contribution >= 0.6 is 0 Å². The number of rotatable bonds is 9. The van der Waals surface area contributed by atoms with Crippen LogP contribution in [0.1, 0.15) is 26.7 Å². The third-order valence-corrected chi connectivity index (χ3v) is 2.76. The summed E-state index contributed by atoms with van der Waals surface area (Å²) in [6, 6.07) is 0. The van der Waals surface area contributed by atoms with Crippen molar-refractivity contribution in [3.8, 4) is 0 Å². The van der Waals surface area contributed by atoms with Gasteiger partial charge in [0, 0.05) is 19.5 Å². The molecule has 0 saturated carbocycles. The fourth-order valence-corrected chi connectivity index (χ4v) is 1.55. The Morgan fingerprint density at radius 2 is 1.65 bits per heavy atom. The number of alkyl halides is 3. The van der Waals surface area contributed by atoms with Crippen LogP contribution in [0.4, 0.5) is 13.2 Å². The summed E-state index contributed by atoms with van der Waals surface area (Å²) < 4.78 is 35.5. The van der Waals surface area contributed by atoms with Gasteiger partial charge < -0.3 is 15.5 Å². The standard InChI is InChI=1S/C12H22F3N3O2/c1-3-18(4-2)9-5-7-16-10(19)6-8-17-11(20)12(13,14)15/h3-9H2,1-2H3,(H,16,19)(H,17,20). The van der Waals surface area contributed by atoms with E-state index < -0.39 is 12.1 Å². The molecule has 0 aromatic heterocycles. The molecule has 0 rings (SSSR count). The molecule has 5 nitrogen and oxygen atoms in total. The normalized spacial score (nSPS) is 11.5. The lowest BCUT2D eigenvalue weighted by atomic mass is 10.3. The van der Waals surface area contributed by atoms with E-state index in [2.05, 4.69) is 10.2 Å². The maximum atomic E-state index is 11.8. The minimum atomic E-state index is -4.90. The number of nitrogens with one attached hydrogen (secondary N) is 2. The second kappa shape index (κ2) is 9.57. The summed E-state index contributed by atoms with van der Waals surface area (Å²) in [5.41, 5.74) is 0. The van der Waals surface area contributed by atoms with Crippen molar-refractivity contribution < 1.29 is 22.8 Å². The average molecular weight is 297 g/mol. The minimum Gasteiger partial charge on any atom is -0.356 e. The largest absolute Gasteiger partial charge is 0.471 e. The highest BCUT2D eigenvalue weighted by molar-refractivity contribution is 5.82. The van der Waals surface area contributed by atoms with Crippen molar-refractivity contribution in [1.82, 2.24) is 15.5 Å². The van der Waals surface area contributed by atoms with E-state index in [0.29, 0.717) is 6.54 Å². The zero-order chi connectivity index (χ0) is 15.6. The number of nitrogens with zero attached hydrogens (tertiary/aromatic N) is 1.